The second-order valence-corrected chi connectivity index (χ2v) is 3.92. The minimum absolute atomic E-state index is 0.0395. The number of amides is 1. The molecule has 2 unspecified atom stereocenters. The molecule has 0 aromatic carbocycles. The Bertz CT molecular complexity index is 244. The van der Waals surface area contributed by atoms with Crippen molar-refractivity contribution in [3.8, 4) is 12.3 Å². The van der Waals surface area contributed by atoms with Gasteiger partial charge in [-0.05, 0) is 26.2 Å². The Balaban J connectivity index is 2.11. The van der Waals surface area contributed by atoms with E-state index in [9.17, 15) is 4.79 Å². The molecule has 1 N–H and O–H groups in total. The summed E-state index contributed by atoms with van der Waals surface area (Å²) in [7, 11) is 0. The lowest BCUT2D eigenvalue weighted by molar-refractivity contribution is -0.126. The molecule has 0 aliphatic carbocycles. The van der Waals surface area contributed by atoms with Gasteiger partial charge in [0.25, 0.3) is 0 Å². The van der Waals surface area contributed by atoms with Gasteiger partial charge in [-0.15, -0.1) is 12.3 Å². The van der Waals surface area contributed by atoms with Crippen molar-refractivity contribution >= 4 is 5.91 Å². The molecule has 0 spiro atoms. The SMILES string of the molecule is C#CCCCCNC(=O)C1CCOC1C. The Labute approximate surface area is 91.6 Å². The van der Waals surface area contributed by atoms with Crippen LogP contribution in [-0.4, -0.2) is 25.2 Å². The third-order valence-corrected chi connectivity index (χ3v) is 2.76. The predicted molar refractivity (Wildman–Crippen MR) is 59.2 cm³/mol. The number of hydrogen-bond acceptors (Lipinski definition) is 2. The molecule has 1 rings (SSSR count). The monoisotopic (exact) mass is 209 g/mol. The zero-order valence-electron chi connectivity index (χ0n) is 9.29. The number of carbonyl (C=O) groups is 1. The van der Waals surface area contributed by atoms with Crippen LogP contribution in [-0.2, 0) is 9.53 Å². The molecule has 15 heavy (non-hydrogen) atoms. The Hall–Kier alpha value is -1.01. The van der Waals surface area contributed by atoms with E-state index in [4.69, 9.17) is 11.2 Å². The lowest BCUT2D eigenvalue weighted by atomic mass is 10.0. The van der Waals surface area contributed by atoms with Crippen molar-refractivity contribution in [2.45, 2.75) is 38.7 Å². The molecule has 1 fully saturated rings. The van der Waals surface area contributed by atoms with Gasteiger partial charge in [-0.2, -0.15) is 0 Å². The fraction of sp³-hybridized carbons (Fsp3) is 0.750. The topological polar surface area (TPSA) is 38.3 Å². The van der Waals surface area contributed by atoms with Gasteiger partial charge in [-0.25, -0.2) is 0 Å². The highest BCUT2D eigenvalue weighted by molar-refractivity contribution is 5.79. The second-order valence-electron chi connectivity index (χ2n) is 3.92. The van der Waals surface area contributed by atoms with Crippen LogP contribution in [0, 0.1) is 18.3 Å². The highest BCUT2D eigenvalue weighted by Gasteiger charge is 2.30. The van der Waals surface area contributed by atoms with E-state index in [0.717, 1.165) is 32.2 Å². The molecular formula is C12H19NO2. The smallest absolute Gasteiger partial charge is 0.225 e. The number of rotatable bonds is 5. The van der Waals surface area contributed by atoms with Crippen LogP contribution < -0.4 is 5.32 Å². The van der Waals surface area contributed by atoms with E-state index < -0.39 is 0 Å². The van der Waals surface area contributed by atoms with Gasteiger partial charge >= 0.3 is 0 Å². The van der Waals surface area contributed by atoms with E-state index in [1.807, 2.05) is 6.92 Å². The minimum atomic E-state index is 0.0395. The molecule has 0 aromatic heterocycles. The Morgan fingerprint density at radius 3 is 3.00 bits per heavy atom. The van der Waals surface area contributed by atoms with Gasteiger partial charge in [0.1, 0.15) is 0 Å². The average molecular weight is 209 g/mol. The maximum atomic E-state index is 11.7. The van der Waals surface area contributed by atoms with Gasteiger partial charge in [-0.3, -0.25) is 4.79 Å². The molecule has 0 saturated carbocycles. The van der Waals surface area contributed by atoms with Crippen LogP contribution in [0.5, 0.6) is 0 Å². The van der Waals surface area contributed by atoms with Crippen molar-refractivity contribution in [2.75, 3.05) is 13.2 Å². The van der Waals surface area contributed by atoms with Crippen LogP contribution >= 0.6 is 0 Å². The summed E-state index contributed by atoms with van der Waals surface area (Å²) < 4.78 is 5.34. The van der Waals surface area contributed by atoms with Crippen LogP contribution in [0.15, 0.2) is 0 Å². The minimum Gasteiger partial charge on any atom is -0.378 e. The highest BCUT2D eigenvalue weighted by atomic mass is 16.5. The van der Waals surface area contributed by atoms with Crippen LogP contribution in [0.3, 0.4) is 0 Å². The molecule has 1 aliphatic rings. The molecule has 1 amide bonds. The van der Waals surface area contributed by atoms with E-state index in [1.165, 1.54) is 0 Å². The summed E-state index contributed by atoms with van der Waals surface area (Å²) in [6.45, 7) is 3.38. The lowest BCUT2D eigenvalue weighted by Gasteiger charge is -2.13. The summed E-state index contributed by atoms with van der Waals surface area (Å²) in [5.41, 5.74) is 0. The van der Waals surface area contributed by atoms with Crippen molar-refractivity contribution in [1.82, 2.24) is 5.32 Å². The fourth-order valence-electron chi connectivity index (χ4n) is 1.77. The van der Waals surface area contributed by atoms with E-state index in [0.29, 0.717) is 6.61 Å². The summed E-state index contributed by atoms with van der Waals surface area (Å²) in [5.74, 6) is 2.75. The van der Waals surface area contributed by atoms with E-state index in [2.05, 4.69) is 11.2 Å². The van der Waals surface area contributed by atoms with Crippen LogP contribution in [0.1, 0.15) is 32.6 Å². The highest BCUT2D eigenvalue weighted by Crippen LogP contribution is 2.20. The molecule has 0 radical (unpaired) electrons. The average Bonchev–Trinajstić information content (AvgIpc) is 2.64. The van der Waals surface area contributed by atoms with Crippen molar-refractivity contribution in [1.29, 1.82) is 0 Å². The first-order valence-electron chi connectivity index (χ1n) is 5.58. The molecule has 84 valence electrons. The van der Waals surface area contributed by atoms with Crippen molar-refractivity contribution in [2.24, 2.45) is 5.92 Å². The fourth-order valence-corrected chi connectivity index (χ4v) is 1.77. The first-order chi connectivity index (χ1) is 7.25. The van der Waals surface area contributed by atoms with Crippen molar-refractivity contribution < 1.29 is 9.53 Å². The number of carbonyl (C=O) groups excluding carboxylic acids is 1. The predicted octanol–water partition coefficient (Wildman–Crippen LogP) is 1.33. The molecule has 0 bridgehead atoms. The molecule has 3 nitrogen and oxygen atoms in total. The molecule has 1 saturated heterocycles. The quantitative estimate of drug-likeness (QED) is 0.548. The molecule has 1 heterocycles. The summed E-state index contributed by atoms with van der Waals surface area (Å²) in [5, 5.41) is 2.93. The zero-order valence-corrected chi connectivity index (χ0v) is 9.29. The number of hydrogen-bond donors (Lipinski definition) is 1. The Morgan fingerprint density at radius 1 is 1.60 bits per heavy atom. The number of ether oxygens (including phenoxy) is 1. The van der Waals surface area contributed by atoms with Gasteiger partial charge < -0.3 is 10.1 Å². The summed E-state index contributed by atoms with van der Waals surface area (Å²) >= 11 is 0. The van der Waals surface area contributed by atoms with E-state index in [-0.39, 0.29) is 17.9 Å². The van der Waals surface area contributed by atoms with Gasteiger partial charge in [0, 0.05) is 19.6 Å². The molecule has 1 aliphatic heterocycles. The number of terminal acetylenes is 1. The molecule has 3 heteroatoms. The maximum Gasteiger partial charge on any atom is 0.225 e. The van der Waals surface area contributed by atoms with Crippen LogP contribution in [0.2, 0.25) is 0 Å². The number of unbranched alkanes of at least 4 members (excludes halogenated alkanes) is 2. The van der Waals surface area contributed by atoms with Crippen LogP contribution in [0.4, 0.5) is 0 Å². The van der Waals surface area contributed by atoms with Gasteiger partial charge in [0.2, 0.25) is 5.91 Å². The molecule has 2 atom stereocenters. The first-order valence-corrected chi connectivity index (χ1v) is 5.58. The van der Waals surface area contributed by atoms with Gasteiger partial charge in [-0.1, -0.05) is 0 Å². The van der Waals surface area contributed by atoms with E-state index in [1.54, 1.807) is 0 Å². The first kappa shape index (κ1) is 12.1. The zero-order chi connectivity index (χ0) is 11.1. The molecular weight excluding hydrogens is 190 g/mol. The number of nitrogens with one attached hydrogen (secondary N) is 1. The second kappa shape index (κ2) is 6.47. The lowest BCUT2D eigenvalue weighted by Crippen LogP contribution is -2.34. The Morgan fingerprint density at radius 2 is 2.40 bits per heavy atom. The molecule has 0 aromatic rings. The maximum absolute atomic E-state index is 11.7. The van der Waals surface area contributed by atoms with E-state index >= 15 is 0 Å². The van der Waals surface area contributed by atoms with Crippen molar-refractivity contribution in [3.05, 3.63) is 0 Å². The van der Waals surface area contributed by atoms with Crippen molar-refractivity contribution in [3.63, 3.8) is 0 Å². The normalized spacial score (nSPS) is 24.8. The van der Waals surface area contributed by atoms with Gasteiger partial charge in [0.05, 0.1) is 12.0 Å². The Kier molecular flexibility index (Phi) is 5.20. The summed E-state index contributed by atoms with van der Waals surface area (Å²) in [6.07, 6.45) is 8.77. The third kappa shape index (κ3) is 3.93. The summed E-state index contributed by atoms with van der Waals surface area (Å²) in [4.78, 5) is 11.7. The third-order valence-electron chi connectivity index (χ3n) is 2.76. The standard InChI is InChI=1S/C12H19NO2/c1-3-4-5-6-8-13-12(14)11-7-9-15-10(11)2/h1,10-11H,4-9H2,2H3,(H,13,14). The van der Waals surface area contributed by atoms with Gasteiger partial charge in [0.15, 0.2) is 0 Å². The largest absolute Gasteiger partial charge is 0.378 e. The van der Waals surface area contributed by atoms with Crippen LogP contribution in [0.25, 0.3) is 0 Å². The summed E-state index contributed by atoms with van der Waals surface area (Å²) in [6, 6.07) is 0.